The zero-order valence-electron chi connectivity index (χ0n) is 14.5. The summed E-state index contributed by atoms with van der Waals surface area (Å²) in [5.74, 6) is -0.892. The van der Waals surface area contributed by atoms with Gasteiger partial charge >= 0.3 is 0 Å². The van der Waals surface area contributed by atoms with E-state index in [0.29, 0.717) is 16.7 Å². The Bertz CT molecular complexity index is 989. The van der Waals surface area contributed by atoms with E-state index in [0.717, 1.165) is 10.6 Å². The van der Waals surface area contributed by atoms with Crippen LogP contribution in [0.4, 0.5) is 0 Å². The van der Waals surface area contributed by atoms with E-state index in [1.165, 1.54) is 0 Å². The molecule has 2 amide bonds. The molecule has 4 rings (SSSR count). The van der Waals surface area contributed by atoms with Gasteiger partial charge in [0.1, 0.15) is 0 Å². The van der Waals surface area contributed by atoms with Crippen molar-refractivity contribution >= 4 is 11.8 Å². The highest BCUT2D eigenvalue weighted by Gasteiger charge is 2.49. The Labute approximate surface area is 156 Å². The van der Waals surface area contributed by atoms with Crippen molar-refractivity contribution < 1.29 is 14.7 Å². The molecule has 1 atom stereocenters. The predicted octanol–water partition coefficient (Wildman–Crippen LogP) is 2.88. The fraction of sp³-hybridized carbons (Fsp3) is 0.0909. The minimum Gasteiger partial charge on any atom is -0.365 e. The third-order valence-corrected chi connectivity index (χ3v) is 4.70. The number of carbonyl (C=O) groups is 2. The summed E-state index contributed by atoms with van der Waals surface area (Å²) in [4.78, 5) is 25.5. The molecule has 5 nitrogen and oxygen atoms in total. The van der Waals surface area contributed by atoms with E-state index in [-0.39, 0.29) is 6.42 Å². The molecule has 1 aliphatic heterocycles. The molecule has 3 aromatic carbocycles. The molecule has 5 heteroatoms. The molecule has 1 heterocycles. The van der Waals surface area contributed by atoms with Crippen LogP contribution in [0.25, 0.3) is 0 Å². The van der Waals surface area contributed by atoms with Crippen LogP contribution in [0.5, 0.6) is 0 Å². The van der Waals surface area contributed by atoms with E-state index >= 15 is 0 Å². The molecule has 0 aromatic heterocycles. The number of carbonyl (C=O) groups excluding carboxylic acids is 2. The van der Waals surface area contributed by atoms with Crippen molar-refractivity contribution in [3.8, 4) is 0 Å². The molecule has 0 aliphatic carbocycles. The van der Waals surface area contributed by atoms with Gasteiger partial charge in [0.2, 0.25) is 0 Å². The number of benzene rings is 3. The second kappa shape index (κ2) is 6.70. The van der Waals surface area contributed by atoms with Crippen molar-refractivity contribution in [1.82, 2.24) is 10.4 Å². The van der Waals surface area contributed by atoms with E-state index in [9.17, 15) is 14.7 Å². The molecule has 3 aromatic rings. The van der Waals surface area contributed by atoms with E-state index in [1.807, 2.05) is 30.3 Å². The molecular weight excluding hydrogens is 340 g/mol. The van der Waals surface area contributed by atoms with Crippen LogP contribution in [0, 0.1) is 0 Å². The summed E-state index contributed by atoms with van der Waals surface area (Å²) in [6.45, 7) is 0. The highest BCUT2D eigenvalue weighted by Crippen LogP contribution is 2.38. The van der Waals surface area contributed by atoms with Crippen LogP contribution in [0.3, 0.4) is 0 Å². The number of hydrazine groups is 1. The summed E-state index contributed by atoms with van der Waals surface area (Å²) in [5, 5.41) is 12.6. The van der Waals surface area contributed by atoms with E-state index in [2.05, 4.69) is 5.43 Å². The monoisotopic (exact) mass is 358 g/mol. The lowest BCUT2D eigenvalue weighted by atomic mass is 9.95. The Kier molecular flexibility index (Phi) is 4.22. The van der Waals surface area contributed by atoms with Gasteiger partial charge in [0.15, 0.2) is 5.72 Å². The summed E-state index contributed by atoms with van der Waals surface area (Å²) in [6.07, 6.45) is 0.158. The van der Waals surface area contributed by atoms with Gasteiger partial charge in [-0.25, -0.2) is 5.01 Å². The van der Waals surface area contributed by atoms with Gasteiger partial charge in [-0.05, 0) is 23.8 Å². The molecule has 1 aliphatic rings. The lowest BCUT2D eigenvalue weighted by molar-refractivity contribution is -0.102. The molecule has 27 heavy (non-hydrogen) atoms. The average Bonchev–Trinajstić information content (AvgIpc) is 2.91. The second-order valence-corrected chi connectivity index (χ2v) is 6.47. The summed E-state index contributed by atoms with van der Waals surface area (Å²) in [7, 11) is 0. The first-order valence-corrected chi connectivity index (χ1v) is 8.66. The average molecular weight is 358 g/mol. The second-order valence-electron chi connectivity index (χ2n) is 6.47. The van der Waals surface area contributed by atoms with Crippen LogP contribution < -0.4 is 5.43 Å². The third-order valence-electron chi connectivity index (χ3n) is 4.70. The normalized spacial score (nSPS) is 18.3. The maximum Gasteiger partial charge on any atom is 0.275 e. The minimum absolute atomic E-state index is 0.158. The van der Waals surface area contributed by atoms with Gasteiger partial charge in [0, 0.05) is 23.1 Å². The molecule has 0 saturated carbocycles. The van der Waals surface area contributed by atoms with Crippen LogP contribution in [0.2, 0.25) is 0 Å². The molecule has 0 saturated heterocycles. The van der Waals surface area contributed by atoms with Gasteiger partial charge in [-0.2, -0.15) is 0 Å². The number of nitrogens with zero attached hydrogens (tertiary/aromatic N) is 1. The Morgan fingerprint density at radius 3 is 2.19 bits per heavy atom. The first kappa shape index (κ1) is 17.0. The first-order valence-electron chi connectivity index (χ1n) is 8.66. The molecule has 0 fully saturated rings. The Morgan fingerprint density at radius 2 is 1.48 bits per heavy atom. The lowest BCUT2D eigenvalue weighted by Crippen LogP contribution is -2.55. The summed E-state index contributed by atoms with van der Waals surface area (Å²) >= 11 is 0. The van der Waals surface area contributed by atoms with Crippen molar-refractivity contribution in [3.05, 3.63) is 107 Å². The molecular formula is C22H18N2O3. The topological polar surface area (TPSA) is 69.6 Å². The lowest BCUT2D eigenvalue weighted by Gasteiger charge is -2.34. The molecule has 134 valence electrons. The van der Waals surface area contributed by atoms with E-state index in [4.69, 9.17) is 0 Å². The zero-order valence-corrected chi connectivity index (χ0v) is 14.5. The van der Waals surface area contributed by atoms with Gasteiger partial charge in [0.25, 0.3) is 11.8 Å². The number of hydrogen-bond donors (Lipinski definition) is 2. The van der Waals surface area contributed by atoms with Crippen molar-refractivity contribution in [2.45, 2.75) is 12.1 Å². The fourth-order valence-corrected chi connectivity index (χ4v) is 3.38. The van der Waals surface area contributed by atoms with E-state index < -0.39 is 17.5 Å². The Balaban J connectivity index is 1.72. The third kappa shape index (κ3) is 2.98. The smallest absolute Gasteiger partial charge is 0.275 e. The zero-order chi connectivity index (χ0) is 18.9. The van der Waals surface area contributed by atoms with Gasteiger partial charge in [0.05, 0.1) is 0 Å². The Hall–Kier alpha value is -3.44. The van der Waals surface area contributed by atoms with E-state index in [1.54, 1.807) is 54.6 Å². The molecule has 0 radical (unpaired) electrons. The number of amides is 2. The minimum atomic E-state index is -1.67. The van der Waals surface area contributed by atoms with Gasteiger partial charge < -0.3 is 5.11 Å². The fourth-order valence-electron chi connectivity index (χ4n) is 3.38. The molecule has 2 N–H and O–H groups in total. The standard InChI is InChI=1S/C22H18N2O3/c25-20(17-11-5-2-6-12-17)23-24-21(26)18-13-7-8-14-19(18)22(24,27)15-16-9-3-1-4-10-16/h1-14,27H,15H2,(H,23,25). The summed E-state index contributed by atoms with van der Waals surface area (Å²) < 4.78 is 0. The van der Waals surface area contributed by atoms with Crippen LogP contribution in [-0.4, -0.2) is 21.9 Å². The van der Waals surface area contributed by atoms with Crippen LogP contribution in [0.1, 0.15) is 31.8 Å². The molecule has 0 bridgehead atoms. The van der Waals surface area contributed by atoms with Crippen molar-refractivity contribution in [2.75, 3.05) is 0 Å². The highest BCUT2D eigenvalue weighted by atomic mass is 16.3. The van der Waals surface area contributed by atoms with Crippen molar-refractivity contribution in [2.24, 2.45) is 0 Å². The molecule has 0 spiro atoms. The van der Waals surface area contributed by atoms with Gasteiger partial charge in [-0.3, -0.25) is 15.0 Å². The van der Waals surface area contributed by atoms with Gasteiger partial charge in [-0.15, -0.1) is 0 Å². The number of hydrogen-bond acceptors (Lipinski definition) is 3. The summed E-state index contributed by atoms with van der Waals surface area (Å²) in [6, 6.07) is 24.8. The first-order chi connectivity index (χ1) is 13.1. The highest BCUT2D eigenvalue weighted by molar-refractivity contribution is 6.02. The maximum atomic E-state index is 12.9. The quantitative estimate of drug-likeness (QED) is 0.753. The molecule has 1 unspecified atom stereocenters. The number of rotatable bonds is 4. The largest absolute Gasteiger partial charge is 0.365 e. The Morgan fingerprint density at radius 1 is 0.889 bits per heavy atom. The maximum absolute atomic E-state index is 12.9. The van der Waals surface area contributed by atoms with Gasteiger partial charge in [-0.1, -0.05) is 66.7 Å². The van der Waals surface area contributed by atoms with Crippen LogP contribution in [-0.2, 0) is 12.1 Å². The van der Waals surface area contributed by atoms with Crippen molar-refractivity contribution in [3.63, 3.8) is 0 Å². The van der Waals surface area contributed by atoms with Crippen molar-refractivity contribution in [1.29, 1.82) is 0 Å². The predicted molar refractivity (Wildman–Crippen MR) is 101 cm³/mol. The summed E-state index contributed by atoms with van der Waals surface area (Å²) in [5.41, 5.74) is 3.04. The van der Waals surface area contributed by atoms with Crippen LogP contribution in [0.15, 0.2) is 84.9 Å². The van der Waals surface area contributed by atoms with Crippen LogP contribution >= 0.6 is 0 Å². The number of fused-ring (bicyclic) bond motifs is 1. The SMILES string of the molecule is O=C(NN1C(=O)c2ccccc2C1(O)Cc1ccccc1)c1ccccc1. The number of nitrogens with one attached hydrogen (secondary N) is 1. The number of aliphatic hydroxyl groups is 1.